The van der Waals surface area contributed by atoms with Crippen LogP contribution in [0.5, 0.6) is 0 Å². The molecule has 0 amide bonds. The second-order valence-electron chi connectivity index (χ2n) is 6.99. The number of hydrogen-bond acceptors (Lipinski definition) is 2. The van der Waals surface area contributed by atoms with Crippen LogP contribution >= 0.6 is 0 Å². The van der Waals surface area contributed by atoms with E-state index in [1.165, 1.54) is 11.1 Å². The first-order valence-corrected chi connectivity index (χ1v) is 9.56. The van der Waals surface area contributed by atoms with Crippen molar-refractivity contribution in [3.63, 3.8) is 0 Å². The molecule has 27 heavy (non-hydrogen) atoms. The molecular weight excluding hydrogens is 331 g/mol. The van der Waals surface area contributed by atoms with Gasteiger partial charge in [0.1, 0.15) is 18.6 Å². The Kier molecular flexibility index (Phi) is 4.80. The minimum absolute atomic E-state index is 0.776. The number of H-pyrrole nitrogens is 1. The third-order valence-corrected chi connectivity index (χ3v) is 5.08. The highest BCUT2D eigenvalue weighted by molar-refractivity contribution is 6.33. The first-order valence-electron chi connectivity index (χ1n) is 9.56. The third-order valence-electron chi connectivity index (χ3n) is 5.08. The van der Waals surface area contributed by atoms with E-state index in [0.717, 1.165) is 58.2 Å². The van der Waals surface area contributed by atoms with Gasteiger partial charge in [-0.15, -0.1) is 0 Å². The summed E-state index contributed by atoms with van der Waals surface area (Å²) in [7, 11) is 2.20. The summed E-state index contributed by atoms with van der Waals surface area (Å²) in [6.45, 7) is 4.25. The highest BCUT2D eigenvalue weighted by Gasteiger charge is 2.08. The molecule has 0 aliphatic rings. The van der Waals surface area contributed by atoms with Gasteiger partial charge < -0.3 is 15.1 Å². The quantitative estimate of drug-likeness (QED) is 0.420. The van der Waals surface area contributed by atoms with Crippen molar-refractivity contribution in [1.29, 1.82) is 0 Å². The maximum atomic E-state index is 6.32. The fraction of sp³-hybridized carbons (Fsp3) is 0.217. The highest BCUT2D eigenvalue weighted by atomic mass is 16.3. The number of aromatic nitrogens is 1. The zero-order valence-corrected chi connectivity index (χ0v) is 15.9. The average Bonchev–Trinajstić information content (AvgIpc) is 3.24. The Morgan fingerprint density at radius 3 is 2.74 bits per heavy atom. The van der Waals surface area contributed by atoms with Gasteiger partial charge in [0.25, 0.3) is 0 Å². The van der Waals surface area contributed by atoms with Crippen LogP contribution in [0.3, 0.4) is 0 Å². The maximum Gasteiger partial charge on any atom is 0.134 e. The molecule has 4 heteroatoms. The van der Waals surface area contributed by atoms with Crippen molar-refractivity contribution in [3.8, 4) is 0 Å². The van der Waals surface area contributed by atoms with Crippen LogP contribution in [-0.2, 0) is 12.8 Å². The number of nitrogen functional groups attached to an aromatic ring is 1. The molecule has 0 aliphatic carbocycles. The normalized spacial score (nSPS) is 11.8. The van der Waals surface area contributed by atoms with Gasteiger partial charge in [-0.1, -0.05) is 38.3 Å². The molecule has 2 heterocycles. The van der Waals surface area contributed by atoms with Crippen LogP contribution in [0.1, 0.15) is 29.5 Å². The molecular formula is C23H24BN2O. The summed E-state index contributed by atoms with van der Waals surface area (Å²) in [6, 6.07) is 14.9. The Bertz CT molecular complexity index is 1120. The first kappa shape index (κ1) is 17.5. The van der Waals surface area contributed by atoms with E-state index in [-0.39, 0.29) is 0 Å². The van der Waals surface area contributed by atoms with Crippen LogP contribution in [0.25, 0.3) is 34.0 Å². The van der Waals surface area contributed by atoms with Gasteiger partial charge in [0, 0.05) is 16.3 Å². The third kappa shape index (κ3) is 3.52. The molecule has 0 unspecified atom stereocenters. The number of benzene rings is 2. The van der Waals surface area contributed by atoms with Gasteiger partial charge >= 0.3 is 0 Å². The van der Waals surface area contributed by atoms with E-state index >= 15 is 0 Å². The van der Waals surface area contributed by atoms with Crippen molar-refractivity contribution in [2.75, 3.05) is 5.73 Å². The Morgan fingerprint density at radius 2 is 1.93 bits per heavy atom. The Morgan fingerprint density at radius 1 is 1.07 bits per heavy atom. The van der Waals surface area contributed by atoms with Crippen LogP contribution in [0.15, 0.2) is 46.9 Å². The minimum Gasteiger partial charge on any atom is -0.457 e. The second-order valence-corrected chi connectivity index (χ2v) is 6.99. The van der Waals surface area contributed by atoms with E-state index in [2.05, 4.69) is 68.5 Å². The van der Waals surface area contributed by atoms with Crippen LogP contribution < -0.4 is 5.73 Å². The molecule has 0 bridgehead atoms. The van der Waals surface area contributed by atoms with Gasteiger partial charge in [0.05, 0.1) is 11.4 Å². The lowest BCUT2D eigenvalue weighted by Gasteiger charge is -1.98. The summed E-state index contributed by atoms with van der Waals surface area (Å²) in [6.07, 6.45) is 7.13. The van der Waals surface area contributed by atoms with Gasteiger partial charge in [0.2, 0.25) is 0 Å². The topological polar surface area (TPSA) is 55.0 Å². The summed E-state index contributed by atoms with van der Waals surface area (Å²) >= 11 is 0. The summed E-state index contributed by atoms with van der Waals surface area (Å²) in [5.41, 5.74) is 12.6. The molecule has 3 nitrogen and oxygen atoms in total. The number of hydrogen-bond donors (Lipinski definition) is 2. The number of nitrogens with two attached hydrogens (primary N) is 1. The van der Waals surface area contributed by atoms with Crippen molar-refractivity contribution < 1.29 is 4.42 Å². The average molecular weight is 355 g/mol. The van der Waals surface area contributed by atoms with E-state index in [9.17, 15) is 0 Å². The molecule has 4 rings (SSSR count). The Balaban J connectivity index is 1.62. The molecule has 135 valence electrons. The molecule has 0 saturated heterocycles. The van der Waals surface area contributed by atoms with Gasteiger partial charge in [-0.2, -0.15) is 0 Å². The number of furan rings is 1. The molecule has 0 saturated carbocycles. The lowest BCUT2D eigenvalue weighted by Crippen LogP contribution is -1.87. The fourth-order valence-electron chi connectivity index (χ4n) is 3.47. The SMILES string of the molecule is C[B]CCc1ccc2oc(C=Cc3[nH]c4cc(CC)ccc4c3N)cc2c1. The lowest BCUT2D eigenvalue weighted by molar-refractivity contribution is 0.604. The predicted octanol–water partition coefficient (Wildman–Crippen LogP) is 5.94. The fourth-order valence-corrected chi connectivity index (χ4v) is 3.47. The van der Waals surface area contributed by atoms with E-state index in [4.69, 9.17) is 10.2 Å². The van der Waals surface area contributed by atoms with Gasteiger partial charge in [-0.05, 0) is 60.4 Å². The van der Waals surface area contributed by atoms with Crippen molar-refractivity contribution >= 4 is 47.0 Å². The van der Waals surface area contributed by atoms with Crippen molar-refractivity contribution in [1.82, 2.24) is 4.98 Å². The highest BCUT2D eigenvalue weighted by Crippen LogP contribution is 2.28. The Hall–Kier alpha value is -2.88. The second kappa shape index (κ2) is 7.39. The lowest BCUT2D eigenvalue weighted by atomic mass is 9.76. The molecule has 2 aromatic carbocycles. The maximum absolute atomic E-state index is 6.32. The van der Waals surface area contributed by atoms with E-state index in [1.807, 2.05) is 12.2 Å². The largest absolute Gasteiger partial charge is 0.457 e. The van der Waals surface area contributed by atoms with Gasteiger partial charge in [0.15, 0.2) is 0 Å². The number of fused-ring (bicyclic) bond motifs is 2. The number of aromatic amines is 1. The van der Waals surface area contributed by atoms with E-state index < -0.39 is 0 Å². The molecule has 2 aromatic heterocycles. The predicted molar refractivity (Wildman–Crippen MR) is 117 cm³/mol. The van der Waals surface area contributed by atoms with Crippen molar-refractivity contribution in [3.05, 3.63) is 65.0 Å². The molecule has 4 aromatic rings. The molecule has 3 N–H and O–H groups in total. The number of anilines is 1. The summed E-state index contributed by atoms with van der Waals surface area (Å²) < 4.78 is 5.95. The molecule has 0 fully saturated rings. The summed E-state index contributed by atoms with van der Waals surface area (Å²) in [5, 5.41) is 2.20. The Labute approximate surface area is 160 Å². The molecule has 0 atom stereocenters. The molecule has 0 spiro atoms. The number of rotatable bonds is 6. The van der Waals surface area contributed by atoms with E-state index in [1.54, 1.807) is 0 Å². The number of nitrogens with one attached hydrogen (secondary N) is 1. The molecule has 1 radical (unpaired) electrons. The van der Waals surface area contributed by atoms with Crippen molar-refractivity contribution in [2.45, 2.75) is 32.9 Å². The van der Waals surface area contributed by atoms with Crippen LogP contribution in [0, 0.1) is 0 Å². The minimum atomic E-state index is 0.776. The smallest absolute Gasteiger partial charge is 0.134 e. The van der Waals surface area contributed by atoms with Crippen LogP contribution in [-0.4, -0.2) is 12.3 Å². The van der Waals surface area contributed by atoms with Crippen LogP contribution in [0.4, 0.5) is 5.69 Å². The zero-order chi connectivity index (χ0) is 18.8. The standard InChI is InChI=1S/C23H24BN2O/c1-3-15-4-7-19-21(13-15)26-20(23(19)25)8-6-18-14-17-12-16(10-11-24-2)5-9-22(17)27-18/h4-9,12-14,26H,3,10-11,25H2,1-2H3. The summed E-state index contributed by atoms with van der Waals surface area (Å²) in [4.78, 5) is 3.42. The first-order chi connectivity index (χ1) is 13.2. The zero-order valence-electron chi connectivity index (χ0n) is 15.9. The van der Waals surface area contributed by atoms with Crippen LogP contribution in [0.2, 0.25) is 13.1 Å². The van der Waals surface area contributed by atoms with Crippen molar-refractivity contribution in [2.24, 2.45) is 0 Å². The molecule has 0 aliphatic heterocycles. The van der Waals surface area contributed by atoms with Gasteiger partial charge in [-0.3, -0.25) is 0 Å². The van der Waals surface area contributed by atoms with Gasteiger partial charge in [-0.25, -0.2) is 0 Å². The monoisotopic (exact) mass is 355 g/mol. The summed E-state index contributed by atoms with van der Waals surface area (Å²) in [5.74, 6) is 0.830. The van der Waals surface area contributed by atoms with E-state index in [0.29, 0.717) is 0 Å². The number of aryl methyl sites for hydroxylation is 2.